The number of nitrogens with zero attached hydrogens (tertiary/aromatic N) is 3. The van der Waals surface area contributed by atoms with Crippen LogP contribution in [0.15, 0.2) is 30.3 Å². The van der Waals surface area contributed by atoms with Crippen LogP contribution in [-0.2, 0) is 16.0 Å². The number of hydrogen-bond acceptors (Lipinski definition) is 4. The molecule has 1 aliphatic rings. The lowest BCUT2D eigenvalue weighted by Crippen LogP contribution is -2.09. The monoisotopic (exact) mass is 285 g/mol. The molecule has 0 atom stereocenters. The summed E-state index contributed by atoms with van der Waals surface area (Å²) in [7, 11) is 0. The summed E-state index contributed by atoms with van der Waals surface area (Å²) in [6, 6.07) is 10.1. The average Bonchev–Trinajstić information content (AvgIpc) is 3.26. The van der Waals surface area contributed by atoms with Crippen LogP contribution in [0.3, 0.4) is 0 Å². The van der Waals surface area contributed by atoms with E-state index in [1.54, 1.807) is 0 Å². The first kappa shape index (κ1) is 13.8. The predicted molar refractivity (Wildman–Crippen MR) is 78.3 cm³/mol. The van der Waals surface area contributed by atoms with E-state index in [2.05, 4.69) is 14.8 Å². The van der Waals surface area contributed by atoms with Crippen LogP contribution < -0.4 is 0 Å². The molecule has 0 unspecified atom stereocenters. The van der Waals surface area contributed by atoms with Crippen LogP contribution in [0.2, 0.25) is 0 Å². The molecular formula is C16H19N3O2. The van der Waals surface area contributed by atoms with Crippen molar-refractivity contribution in [1.29, 1.82) is 0 Å². The molecule has 1 aromatic heterocycles. The number of aryl methyl sites for hydroxylation is 1. The Kier molecular flexibility index (Phi) is 3.99. The maximum atomic E-state index is 11.5. The van der Waals surface area contributed by atoms with E-state index >= 15 is 0 Å². The Morgan fingerprint density at radius 3 is 2.71 bits per heavy atom. The number of benzene rings is 1. The van der Waals surface area contributed by atoms with Crippen LogP contribution in [0.25, 0.3) is 5.69 Å². The van der Waals surface area contributed by atoms with Gasteiger partial charge in [-0.05, 0) is 31.9 Å². The second kappa shape index (κ2) is 6.08. The molecule has 1 saturated carbocycles. The maximum Gasteiger partial charge on any atom is 0.306 e. The van der Waals surface area contributed by atoms with E-state index < -0.39 is 0 Å². The number of carbonyl (C=O) groups excluding carboxylic acids is 1. The molecule has 1 aliphatic carbocycles. The highest BCUT2D eigenvalue weighted by atomic mass is 16.5. The van der Waals surface area contributed by atoms with Crippen LogP contribution in [0.1, 0.15) is 43.8 Å². The van der Waals surface area contributed by atoms with Crippen LogP contribution in [-0.4, -0.2) is 27.3 Å². The van der Waals surface area contributed by atoms with E-state index in [1.807, 2.05) is 37.3 Å². The van der Waals surface area contributed by atoms with Gasteiger partial charge in [-0.25, -0.2) is 0 Å². The van der Waals surface area contributed by atoms with E-state index in [4.69, 9.17) is 4.74 Å². The summed E-state index contributed by atoms with van der Waals surface area (Å²) in [6.45, 7) is 2.23. The van der Waals surface area contributed by atoms with Gasteiger partial charge in [-0.3, -0.25) is 9.36 Å². The standard InChI is InChI=1S/C16H19N3O2/c1-2-21-15(20)11-10-14-17-18-16(12-8-9-12)19(14)13-6-4-3-5-7-13/h3-7,12H,2,8-11H2,1H3. The third-order valence-corrected chi connectivity index (χ3v) is 3.57. The van der Waals surface area contributed by atoms with Crippen molar-refractivity contribution in [2.75, 3.05) is 6.61 Å². The molecule has 0 spiro atoms. The fourth-order valence-corrected chi connectivity index (χ4v) is 2.40. The summed E-state index contributed by atoms with van der Waals surface area (Å²) in [4.78, 5) is 11.5. The minimum Gasteiger partial charge on any atom is -0.466 e. The molecule has 0 N–H and O–H groups in total. The molecule has 0 saturated heterocycles. The van der Waals surface area contributed by atoms with Crippen molar-refractivity contribution in [1.82, 2.24) is 14.8 Å². The Labute approximate surface area is 124 Å². The number of hydrogen-bond donors (Lipinski definition) is 0. The Hall–Kier alpha value is -2.17. The topological polar surface area (TPSA) is 57.0 Å². The second-order valence-corrected chi connectivity index (χ2v) is 5.22. The number of esters is 1. The van der Waals surface area contributed by atoms with Gasteiger partial charge in [-0.1, -0.05) is 18.2 Å². The Bertz CT molecular complexity index is 618. The fraction of sp³-hybridized carbons (Fsp3) is 0.438. The molecule has 5 heteroatoms. The van der Waals surface area contributed by atoms with Gasteiger partial charge in [0.25, 0.3) is 0 Å². The molecule has 1 heterocycles. The van der Waals surface area contributed by atoms with E-state index in [9.17, 15) is 4.79 Å². The van der Waals surface area contributed by atoms with Crippen LogP contribution in [0, 0.1) is 0 Å². The maximum absolute atomic E-state index is 11.5. The number of ether oxygens (including phenoxy) is 1. The van der Waals surface area contributed by atoms with Crippen molar-refractivity contribution >= 4 is 5.97 Å². The summed E-state index contributed by atoms with van der Waals surface area (Å²) in [5.41, 5.74) is 1.06. The average molecular weight is 285 g/mol. The molecule has 3 rings (SSSR count). The molecule has 21 heavy (non-hydrogen) atoms. The highest BCUT2D eigenvalue weighted by Crippen LogP contribution is 2.40. The van der Waals surface area contributed by atoms with E-state index in [0.29, 0.717) is 25.4 Å². The van der Waals surface area contributed by atoms with E-state index in [0.717, 1.165) is 17.3 Å². The number of rotatable bonds is 6. The molecular weight excluding hydrogens is 266 g/mol. The Balaban J connectivity index is 1.85. The third-order valence-electron chi connectivity index (χ3n) is 3.57. The second-order valence-electron chi connectivity index (χ2n) is 5.22. The summed E-state index contributed by atoms with van der Waals surface area (Å²) >= 11 is 0. The van der Waals surface area contributed by atoms with Gasteiger partial charge >= 0.3 is 5.97 Å². The van der Waals surface area contributed by atoms with Crippen molar-refractivity contribution in [2.45, 2.75) is 38.5 Å². The smallest absolute Gasteiger partial charge is 0.306 e. The molecule has 110 valence electrons. The fourth-order valence-electron chi connectivity index (χ4n) is 2.40. The molecule has 0 amide bonds. The first-order valence-electron chi connectivity index (χ1n) is 7.45. The number of carbonyl (C=O) groups is 1. The highest BCUT2D eigenvalue weighted by molar-refractivity contribution is 5.69. The lowest BCUT2D eigenvalue weighted by molar-refractivity contribution is -0.143. The predicted octanol–water partition coefficient (Wildman–Crippen LogP) is 2.64. The van der Waals surface area contributed by atoms with Crippen LogP contribution in [0.5, 0.6) is 0 Å². The largest absolute Gasteiger partial charge is 0.466 e. The molecule has 0 radical (unpaired) electrons. The van der Waals surface area contributed by atoms with Crippen molar-refractivity contribution in [2.24, 2.45) is 0 Å². The SMILES string of the molecule is CCOC(=O)CCc1nnc(C2CC2)n1-c1ccccc1. The van der Waals surface area contributed by atoms with Crippen molar-refractivity contribution < 1.29 is 9.53 Å². The summed E-state index contributed by atoms with van der Waals surface area (Å²) in [5, 5.41) is 8.63. The quantitative estimate of drug-likeness (QED) is 0.766. The third kappa shape index (κ3) is 3.12. The Morgan fingerprint density at radius 2 is 2.05 bits per heavy atom. The number of para-hydroxylation sites is 1. The summed E-state index contributed by atoms with van der Waals surface area (Å²) in [6.07, 6.45) is 3.22. The van der Waals surface area contributed by atoms with Gasteiger partial charge in [0.15, 0.2) is 0 Å². The number of aromatic nitrogens is 3. The van der Waals surface area contributed by atoms with Crippen molar-refractivity contribution in [3.63, 3.8) is 0 Å². The van der Waals surface area contributed by atoms with Gasteiger partial charge in [-0.15, -0.1) is 10.2 Å². The zero-order valence-electron chi connectivity index (χ0n) is 12.2. The lowest BCUT2D eigenvalue weighted by Gasteiger charge is -2.09. The minimum absolute atomic E-state index is 0.187. The molecule has 0 aliphatic heterocycles. The van der Waals surface area contributed by atoms with Gasteiger partial charge in [0.2, 0.25) is 0 Å². The van der Waals surface area contributed by atoms with Gasteiger partial charge in [0.1, 0.15) is 11.6 Å². The molecule has 5 nitrogen and oxygen atoms in total. The highest BCUT2D eigenvalue weighted by Gasteiger charge is 2.30. The molecule has 1 fully saturated rings. The van der Waals surface area contributed by atoms with Crippen molar-refractivity contribution in [3.05, 3.63) is 42.0 Å². The normalized spacial score (nSPS) is 14.1. The minimum atomic E-state index is -0.187. The first-order valence-corrected chi connectivity index (χ1v) is 7.45. The first-order chi connectivity index (χ1) is 10.3. The molecule has 0 bridgehead atoms. The summed E-state index contributed by atoms with van der Waals surface area (Å²) < 4.78 is 7.07. The van der Waals surface area contributed by atoms with Crippen LogP contribution >= 0.6 is 0 Å². The van der Waals surface area contributed by atoms with Crippen LogP contribution in [0.4, 0.5) is 0 Å². The molecule has 2 aromatic rings. The molecule has 1 aromatic carbocycles. The zero-order valence-corrected chi connectivity index (χ0v) is 12.2. The van der Waals surface area contributed by atoms with Gasteiger partial charge < -0.3 is 4.74 Å². The van der Waals surface area contributed by atoms with Gasteiger partial charge in [-0.2, -0.15) is 0 Å². The lowest BCUT2D eigenvalue weighted by atomic mass is 10.2. The van der Waals surface area contributed by atoms with Crippen molar-refractivity contribution in [3.8, 4) is 5.69 Å². The van der Waals surface area contributed by atoms with E-state index in [-0.39, 0.29) is 5.97 Å². The van der Waals surface area contributed by atoms with E-state index in [1.165, 1.54) is 12.8 Å². The van der Waals surface area contributed by atoms with Gasteiger partial charge in [0, 0.05) is 18.0 Å². The summed E-state index contributed by atoms with van der Waals surface area (Å²) in [5.74, 6) is 2.17. The van der Waals surface area contributed by atoms with Gasteiger partial charge in [0.05, 0.1) is 13.0 Å². The zero-order chi connectivity index (χ0) is 14.7. The Morgan fingerprint density at radius 1 is 1.29 bits per heavy atom.